The Bertz CT molecular complexity index is 905. The van der Waals surface area contributed by atoms with E-state index in [1.165, 1.54) is 31.2 Å². The van der Waals surface area contributed by atoms with Gasteiger partial charge in [-0.15, -0.1) is 10.2 Å². The van der Waals surface area contributed by atoms with E-state index in [1.807, 2.05) is 25.1 Å². The molecule has 2 aromatic rings. The summed E-state index contributed by atoms with van der Waals surface area (Å²) in [7, 11) is -0.630. The molecule has 0 saturated heterocycles. The predicted molar refractivity (Wildman–Crippen MR) is 134 cm³/mol. The molecule has 0 bridgehead atoms. The van der Waals surface area contributed by atoms with Crippen LogP contribution in [0.25, 0.3) is 0 Å². The smallest absolute Gasteiger partial charge is 0.316 e. The minimum Gasteiger partial charge on any atom is -0.465 e. The maximum absolute atomic E-state index is 13.3. The normalized spacial score (nSPS) is 17.8. The molecule has 1 atom stereocenters. The van der Waals surface area contributed by atoms with E-state index in [9.17, 15) is 4.79 Å². The first-order valence-corrected chi connectivity index (χ1v) is 15.3. The molecule has 2 saturated carbocycles. The van der Waals surface area contributed by atoms with Crippen molar-refractivity contribution in [2.75, 3.05) is 37.7 Å². The van der Waals surface area contributed by atoms with Gasteiger partial charge in [0.1, 0.15) is 24.3 Å². The van der Waals surface area contributed by atoms with Crippen molar-refractivity contribution in [3.8, 4) is 0 Å². The molecular formula is C26H39N3O3S. The van der Waals surface area contributed by atoms with Crippen LogP contribution in [0.1, 0.15) is 55.7 Å². The van der Waals surface area contributed by atoms with Gasteiger partial charge in [-0.2, -0.15) is 0 Å². The van der Waals surface area contributed by atoms with Gasteiger partial charge >= 0.3 is 5.97 Å². The molecule has 7 heteroatoms. The zero-order chi connectivity index (χ0) is 23.4. The van der Waals surface area contributed by atoms with Gasteiger partial charge in [-0.1, -0.05) is 30.3 Å². The molecule has 33 heavy (non-hydrogen) atoms. The first-order chi connectivity index (χ1) is 15.9. The van der Waals surface area contributed by atoms with Gasteiger partial charge in [0.05, 0.1) is 13.2 Å². The zero-order valence-electron chi connectivity index (χ0n) is 20.5. The lowest BCUT2D eigenvalue weighted by molar-refractivity contribution is -0.147. The summed E-state index contributed by atoms with van der Waals surface area (Å²) in [5.41, 5.74) is 1.17. The summed E-state index contributed by atoms with van der Waals surface area (Å²) >= 11 is 0. The summed E-state index contributed by atoms with van der Waals surface area (Å²) in [4.78, 5) is 13.3. The highest BCUT2D eigenvalue weighted by Gasteiger charge is 2.50. The predicted octanol–water partition coefficient (Wildman–Crippen LogP) is 4.62. The van der Waals surface area contributed by atoms with Crippen molar-refractivity contribution >= 4 is 16.0 Å². The molecule has 0 radical (unpaired) electrons. The number of hydrogen-bond donors (Lipinski definition) is 0. The average Bonchev–Trinajstić information content (AvgIpc) is 3.70. The zero-order valence-corrected chi connectivity index (χ0v) is 21.4. The highest BCUT2D eigenvalue weighted by Crippen LogP contribution is 2.55. The summed E-state index contributed by atoms with van der Waals surface area (Å²) in [6, 6.07) is 10.3. The molecule has 1 heterocycles. The van der Waals surface area contributed by atoms with Gasteiger partial charge in [-0.25, -0.2) is 10.0 Å². The third kappa shape index (κ3) is 6.60. The molecule has 1 aromatic heterocycles. The van der Waals surface area contributed by atoms with Crippen molar-refractivity contribution < 1.29 is 14.3 Å². The number of nitrogens with zero attached hydrogens (tertiary/aromatic N) is 3. The molecule has 1 aromatic carbocycles. The molecular weight excluding hydrogens is 434 g/mol. The van der Waals surface area contributed by atoms with Crippen LogP contribution in [0.3, 0.4) is 0 Å². The second-order valence-electron chi connectivity index (χ2n) is 10.4. The van der Waals surface area contributed by atoms with Crippen LogP contribution >= 0.6 is 10.0 Å². The lowest BCUT2D eigenvalue weighted by Gasteiger charge is -2.27. The molecule has 2 fully saturated rings. The second-order valence-corrected chi connectivity index (χ2v) is 15.0. The monoisotopic (exact) mass is 473 g/mol. The molecule has 6 nitrogen and oxygen atoms in total. The van der Waals surface area contributed by atoms with Gasteiger partial charge < -0.3 is 9.47 Å². The van der Waals surface area contributed by atoms with Gasteiger partial charge in [-0.05, 0) is 74.7 Å². The molecule has 1 unspecified atom stereocenters. The molecule has 2 aliphatic carbocycles. The third-order valence-electron chi connectivity index (χ3n) is 6.66. The number of hydrogen-bond acceptors (Lipinski definition) is 5. The summed E-state index contributed by atoms with van der Waals surface area (Å²) < 4.78 is 13.8. The summed E-state index contributed by atoms with van der Waals surface area (Å²) in [5, 5.41) is 9.20. The Balaban J connectivity index is 1.64. The fourth-order valence-corrected chi connectivity index (χ4v) is 5.27. The molecule has 0 spiro atoms. The van der Waals surface area contributed by atoms with Gasteiger partial charge in [0.15, 0.2) is 0 Å². The topological polar surface area (TPSA) is 66.2 Å². The van der Waals surface area contributed by atoms with Crippen LogP contribution < -0.4 is 0 Å². The van der Waals surface area contributed by atoms with E-state index in [2.05, 4.69) is 45.7 Å². The lowest BCUT2D eigenvalue weighted by atomic mass is 9.83. The maximum Gasteiger partial charge on any atom is 0.316 e. The van der Waals surface area contributed by atoms with Crippen molar-refractivity contribution in [3.63, 3.8) is 0 Å². The fourth-order valence-electron chi connectivity index (χ4n) is 4.65. The Morgan fingerprint density at radius 3 is 2.33 bits per heavy atom. The number of benzene rings is 1. The van der Waals surface area contributed by atoms with Gasteiger partial charge in [0, 0.05) is 12.2 Å². The highest BCUT2D eigenvalue weighted by molar-refractivity contribution is 8.32. The van der Waals surface area contributed by atoms with Crippen LogP contribution in [0, 0.1) is 17.8 Å². The van der Waals surface area contributed by atoms with E-state index in [-0.39, 0.29) is 11.9 Å². The number of esters is 1. The van der Waals surface area contributed by atoms with E-state index in [0.717, 1.165) is 17.4 Å². The average molecular weight is 474 g/mol. The van der Waals surface area contributed by atoms with Gasteiger partial charge in [0.25, 0.3) is 0 Å². The SMILES string of the molecule is CCOC(=O)C(c1nnc(Cc2ccccc2)n1COCCS(C)(C)C)C(C1CC1)C1CC1. The van der Waals surface area contributed by atoms with Crippen molar-refractivity contribution in [1.82, 2.24) is 14.8 Å². The number of rotatable bonds is 13. The highest BCUT2D eigenvalue weighted by atomic mass is 32.3. The van der Waals surface area contributed by atoms with Crippen LogP contribution in [-0.2, 0) is 27.4 Å². The lowest BCUT2D eigenvalue weighted by Crippen LogP contribution is -2.30. The van der Waals surface area contributed by atoms with Crippen molar-refractivity contribution in [2.24, 2.45) is 17.8 Å². The molecule has 0 aliphatic heterocycles. The van der Waals surface area contributed by atoms with Gasteiger partial charge in [-0.3, -0.25) is 9.36 Å². The van der Waals surface area contributed by atoms with E-state index in [0.29, 0.717) is 44.1 Å². The minimum absolute atomic E-state index is 0.152. The number of aromatic nitrogens is 3. The molecule has 0 N–H and O–H groups in total. The minimum atomic E-state index is -0.630. The van der Waals surface area contributed by atoms with Crippen molar-refractivity contribution in [2.45, 2.75) is 51.7 Å². The molecule has 0 amide bonds. The molecule has 2 aliphatic rings. The fraction of sp³-hybridized carbons (Fsp3) is 0.654. The Labute approximate surface area is 199 Å². The summed E-state index contributed by atoms with van der Waals surface area (Å²) in [5.74, 6) is 3.60. The van der Waals surface area contributed by atoms with E-state index < -0.39 is 10.0 Å². The van der Waals surface area contributed by atoms with Gasteiger partial charge in [0.2, 0.25) is 0 Å². The molecule has 182 valence electrons. The van der Waals surface area contributed by atoms with E-state index >= 15 is 0 Å². The summed E-state index contributed by atoms with van der Waals surface area (Å²) in [6.07, 6.45) is 12.4. The Morgan fingerprint density at radius 2 is 1.76 bits per heavy atom. The molecule has 4 rings (SSSR count). The quantitative estimate of drug-likeness (QED) is 0.314. The van der Waals surface area contributed by atoms with Crippen LogP contribution in [0.2, 0.25) is 0 Å². The second kappa shape index (κ2) is 10.6. The first-order valence-electron chi connectivity index (χ1n) is 12.2. The largest absolute Gasteiger partial charge is 0.465 e. The Kier molecular flexibility index (Phi) is 7.80. The Morgan fingerprint density at radius 1 is 1.09 bits per heavy atom. The summed E-state index contributed by atoms with van der Waals surface area (Å²) in [6.45, 7) is 3.33. The van der Waals surface area contributed by atoms with Crippen LogP contribution in [0.4, 0.5) is 0 Å². The van der Waals surface area contributed by atoms with E-state index in [4.69, 9.17) is 9.47 Å². The van der Waals surface area contributed by atoms with E-state index in [1.54, 1.807) is 0 Å². The number of ether oxygens (including phenoxy) is 2. The van der Waals surface area contributed by atoms with Crippen molar-refractivity contribution in [1.29, 1.82) is 0 Å². The Hall–Kier alpha value is -1.86. The third-order valence-corrected chi connectivity index (χ3v) is 8.05. The van der Waals surface area contributed by atoms with Crippen LogP contribution in [0.15, 0.2) is 30.3 Å². The van der Waals surface area contributed by atoms with Crippen LogP contribution in [-0.4, -0.2) is 58.5 Å². The number of carbonyl (C=O) groups is 1. The number of carbonyl (C=O) groups excluding carboxylic acids is 1. The van der Waals surface area contributed by atoms with Crippen molar-refractivity contribution in [3.05, 3.63) is 47.5 Å². The standard InChI is InChI=1S/C26H39N3O3S/c1-5-32-26(30)24(23(20-11-12-20)21-13-14-21)25-28-27-22(17-19-9-7-6-8-10-19)29(25)18-31-15-16-33(2,3)4/h6-10,20-21,23-24H,5,11-18H2,1-4H3. The maximum atomic E-state index is 13.3. The van der Waals surface area contributed by atoms with Crippen LogP contribution in [0.5, 0.6) is 0 Å². The first kappa shape index (κ1) is 24.3.